The van der Waals surface area contributed by atoms with Gasteiger partial charge in [0.05, 0.1) is 24.5 Å². The van der Waals surface area contributed by atoms with Gasteiger partial charge in [-0.1, -0.05) is 19.1 Å². The van der Waals surface area contributed by atoms with E-state index >= 15 is 0 Å². The molecule has 1 aromatic heterocycles. The zero-order valence-corrected chi connectivity index (χ0v) is 13.2. The van der Waals surface area contributed by atoms with Crippen molar-refractivity contribution < 1.29 is 13.9 Å². The van der Waals surface area contributed by atoms with E-state index in [0.717, 1.165) is 17.8 Å². The molecule has 7 heteroatoms. The molecule has 1 heterocycles. The predicted octanol–water partition coefficient (Wildman–Crippen LogP) is 2.38. The molecule has 0 radical (unpaired) electrons. The number of aromatic nitrogens is 2. The first-order chi connectivity index (χ1) is 11.1. The SMILES string of the molecule is CCc1cc(CNC(=O)NCC(C)Oc2ccccc2F)[nH]n1. The lowest BCUT2D eigenvalue weighted by Gasteiger charge is -2.16. The highest BCUT2D eigenvalue weighted by molar-refractivity contribution is 5.73. The summed E-state index contributed by atoms with van der Waals surface area (Å²) in [5.41, 5.74) is 1.79. The van der Waals surface area contributed by atoms with Crippen molar-refractivity contribution >= 4 is 6.03 Å². The van der Waals surface area contributed by atoms with Gasteiger partial charge in [-0.3, -0.25) is 5.10 Å². The van der Waals surface area contributed by atoms with Crippen molar-refractivity contribution in [3.8, 4) is 5.75 Å². The Kier molecular flexibility index (Phi) is 5.96. The fourth-order valence-corrected chi connectivity index (χ4v) is 1.95. The van der Waals surface area contributed by atoms with E-state index in [1.807, 2.05) is 13.0 Å². The highest BCUT2D eigenvalue weighted by Crippen LogP contribution is 2.16. The largest absolute Gasteiger partial charge is 0.486 e. The number of carbonyl (C=O) groups is 1. The molecule has 1 unspecified atom stereocenters. The summed E-state index contributed by atoms with van der Waals surface area (Å²) in [6, 6.07) is 7.76. The molecule has 0 aliphatic heterocycles. The van der Waals surface area contributed by atoms with E-state index in [1.54, 1.807) is 25.1 Å². The highest BCUT2D eigenvalue weighted by atomic mass is 19.1. The lowest BCUT2D eigenvalue weighted by molar-refractivity contribution is 0.201. The molecule has 2 aromatic rings. The average molecular weight is 320 g/mol. The number of ether oxygens (including phenoxy) is 1. The lowest BCUT2D eigenvalue weighted by Crippen LogP contribution is -2.40. The van der Waals surface area contributed by atoms with Crippen LogP contribution in [0.4, 0.5) is 9.18 Å². The van der Waals surface area contributed by atoms with Gasteiger partial charge >= 0.3 is 6.03 Å². The molecule has 2 rings (SSSR count). The van der Waals surface area contributed by atoms with E-state index < -0.39 is 5.82 Å². The molecular formula is C16H21FN4O2. The molecule has 0 aliphatic carbocycles. The quantitative estimate of drug-likeness (QED) is 0.733. The van der Waals surface area contributed by atoms with E-state index in [-0.39, 0.29) is 24.4 Å². The minimum Gasteiger partial charge on any atom is -0.486 e. The Morgan fingerprint density at radius 2 is 2.17 bits per heavy atom. The van der Waals surface area contributed by atoms with Crippen LogP contribution in [0.1, 0.15) is 25.2 Å². The summed E-state index contributed by atoms with van der Waals surface area (Å²) in [7, 11) is 0. The Balaban J connectivity index is 1.70. The van der Waals surface area contributed by atoms with Crippen LogP contribution < -0.4 is 15.4 Å². The van der Waals surface area contributed by atoms with Gasteiger partial charge in [0.2, 0.25) is 0 Å². The van der Waals surface area contributed by atoms with Crippen molar-refractivity contribution in [2.75, 3.05) is 6.54 Å². The topological polar surface area (TPSA) is 79.0 Å². The number of benzene rings is 1. The van der Waals surface area contributed by atoms with Crippen molar-refractivity contribution in [3.05, 3.63) is 47.5 Å². The van der Waals surface area contributed by atoms with Gasteiger partial charge in [0.15, 0.2) is 11.6 Å². The molecule has 1 aromatic carbocycles. The van der Waals surface area contributed by atoms with Gasteiger partial charge in [0.1, 0.15) is 6.10 Å². The minimum atomic E-state index is -0.422. The van der Waals surface area contributed by atoms with Crippen LogP contribution in [0, 0.1) is 5.82 Å². The van der Waals surface area contributed by atoms with Crippen molar-refractivity contribution in [2.45, 2.75) is 32.9 Å². The maximum Gasteiger partial charge on any atom is 0.315 e. The number of rotatable bonds is 7. The molecular weight excluding hydrogens is 299 g/mol. The molecule has 0 spiro atoms. The van der Waals surface area contributed by atoms with Crippen LogP contribution in [0.25, 0.3) is 0 Å². The van der Waals surface area contributed by atoms with Crippen molar-refractivity contribution in [2.24, 2.45) is 0 Å². The summed E-state index contributed by atoms with van der Waals surface area (Å²) >= 11 is 0. The van der Waals surface area contributed by atoms with Crippen LogP contribution in [0.5, 0.6) is 5.75 Å². The Morgan fingerprint density at radius 1 is 1.39 bits per heavy atom. The van der Waals surface area contributed by atoms with Crippen LogP contribution in [-0.2, 0) is 13.0 Å². The number of nitrogens with one attached hydrogen (secondary N) is 3. The van der Waals surface area contributed by atoms with Crippen molar-refractivity contribution in [3.63, 3.8) is 0 Å². The number of hydrogen-bond donors (Lipinski definition) is 3. The monoisotopic (exact) mass is 320 g/mol. The third-order valence-electron chi connectivity index (χ3n) is 3.20. The van der Waals surface area contributed by atoms with Crippen LogP contribution >= 0.6 is 0 Å². The number of carbonyl (C=O) groups excluding carboxylic acids is 1. The zero-order valence-electron chi connectivity index (χ0n) is 13.2. The third kappa shape index (κ3) is 5.28. The number of nitrogens with zero attached hydrogens (tertiary/aromatic N) is 1. The molecule has 0 aliphatic rings. The Labute approximate surface area is 134 Å². The number of aryl methyl sites for hydroxylation is 1. The predicted molar refractivity (Wildman–Crippen MR) is 84.7 cm³/mol. The van der Waals surface area contributed by atoms with Gasteiger partial charge in [0.25, 0.3) is 0 Å². The lowest BCUT2D eigenvalue weighted by atomic mass is 10.3. The van der Waals surface area contributed by atoms with Gasteiger partial charge in [-0.25, -0.2) is 9.18 Å². The zero-order chi connectivity index (χ0) is 16.7. The van der Waals surface area contributed by atoms with Gasteiger partial charge in [0, 0.05) is 0 Å². The molecule has 0 fully saturated rings. The van der Waals surface area contributed by atoms with Crippen LogP contribution in [0.15, 0.2) is 30.3 Å². The molecule has 0 saturated carbocycles. The van der Waals surface area contributed by atoms with Crippen LogP contribution in [-0.4, -0.2) is 28.9 Å². The molecule has 3 N–H and O–H groups in total. The number of amides is 2. The summed E-state index contributed by atoms with van der Waals surface area (Å²) in [4.78, 5) is 11.7. The van der Waals surface area contributed by atoms with Crippen LogP contribution in [0.3, 0.4) is 0 Å². The first kappa shape index (κ1) is 16.8. The molecule has 2 amide bonds. The Bertz CT molecular complexity index is 645. The fraction of sp³-hybridized carbons (Fsp3) is 0.375. The van der Waals surface area contributed by atoms with Gasteiger partial charge in [-0.2, -0.15) is 5.10 Å². The number of aromatic amines is 1. The van der Waals surface area contributed by atoms with E-state index in [4.69, 9.17) is 4.74 Å². The summed E-state index contributed by atoms with van der Waals surface area (Å²) in [5, 5.41) is 12.3. The van der Waals surface area contributed by atoms with Crippen molar-refractivity contribution in [1.82, 2.24) is 20.8 Å². The number of halogens is 1. The second-order valence-corrected chi connectivity index (χ2v) is 5.16. The normalized spacial score (nSPS) is 11.8. The maximum atomic E-state index is 13.5. The smallest absolute Gasteiger partial charge is 0.315 e. The average Bonchev–Trinajstić information content (AvgIpc) is 3.01. The second kappa shape index (κ2) is 8.17. The van der Waals surface area contributed by atoms with Gasteiger partial charge in [-0.05, 0) is 31.5 Å². The van der Waals surface area contributed by atoms with Crippen molar-refractivity contribution in [1.29, 1.82) is 0 Å². The van der Waals surface area contributed by atoms with E-state index in [2.05, 4.69) is 20.8 Å². The maximum absolute atomic E-state index is 13.5. The number of urea groups is 1. The number of hydrogen-bond acceptors (Lipinski definition) is 3. The Hall–Kier alpha value is -2.57. The summed E-state index contributed by atoms with van der Waals surface area (Å²) in [5.74, 6) is -0.249. The standard InChI is InChI=1S/C16H21FN4O2/c1-3-12-8-13(21-20-12)10-19-16(22)18-9-11(2)23-15-7-5-4-6-14(15)17/h4-8,11H,3,9-10H2,1-2H3,(H,20,21)(H2,18,19,22). The summed E-state index contributed by atoms with van der Waals surface area (Å²) in [6.07, 6.45) is 0.490. The van der Waals surface area contributed by atoms with E-state index in [1.165, 1.54) is 6.07 Å². The minimum absolute atomic E-state index is 0.173. The first-order valence-corrected chi connectivity index (χ1v) is 7.54. The third-order valence-corrected chi connectivity index (χ3v) is 3.20. The molecule has 6 nitrogen and oxygen atoms in total. The van der Waals surface area contributed by atoms with Gasteiger partial charge < -0.3 is 15.4 Å². The Morgan fingerprint density at radius 3 is 2.87 bits per heavy atom. The molecule has 0 saturated heterocycles. The van der Waals surface area contributed by atoms with E-state index in [9.17, 15) is 9.18 Å². The van der Waals surface area contributed by atoms with E-state index in [0.29, 0.717) is 6.54 Å². The number of para-hydroxylation sites is 1. The highest BCUT2D eigenvalue weighted by Gasteiger charge is 2.09. The molecule has 124 valence electrons. The molecule has 0 bridgehead atoms. The second-order valence-electron chi connectivity index (χ2n) is 5.16. The summed E-state index contributed by atoms with van der Waals surface area (Å²) < 4.78 is 18.9. The van der Waals surface area contributed by atoms with Crippen LogP contribution in [0.2, 0.25) is 0 Å². The van der Waals surface area contributed by atoms with Gasteiger partial charge in [-0.15, -0.1) is 0 Å². The first-order valence-electron chi connectivity index (χ1n) is 7.54. The molecule has 1 atom stereocenters. The molecule has 23 heavy (non-hydrogen) atoms. The number of H-pyrrole nitrogens is 1. The summed E-state index contributed by atoms with van der Waals surface area (Å²) in [6.45, 7) is 4.40. The fourth-order valence-electron chi connectivity index (χ4n) is 1.95.